The third-order valence-corrected chi connectivity index (χ3v) is 3.24. The molecule has 0 amide bonds. The molecule has 0 aliphatic heterocycles. The average molecular weight is 263 g/mol. The van der Waals surface area contributed by atoms with E-state index in [-0.39, 0.29) is 0 Å². The molecule has 0 bridgehead atoms. The third-order valence-electron chi connectivity index (χ3n) is 3.01. The standard InChI is InChI=1S/C15H19ClN2/c1-3-9-18(10-4-2)15-7-8-17-14-6-5-12(16)11-13(14)15/h5-8,11H,3-4,9-10H2,1-2H3. The number of aromatic nitrogens is 1. The van der Waals surface area contributed by atoms with Crippen LogP contribution in [0.4, 0.5) is 5.69 Å². The topological polar surface area (TPSA) is 16.1 Å². The second-order valence-corrected chi connectivity index (χ2v) is 4.92. The van der Waals surface area contributed by atoms with E-state index < -0.39 is 0 Å². The maximum Gasteiger partial charge on any atom is 0.0723 e. The van der Waals surface area contributed by atoms with Crippen LogP contribution in [0.5, 0.6) is 0 Å². The monoisotopic (exact) mass is 262 g/mol. The Morgan fingerprint density at radius 3 is 2.50 bits per heavy atom. The summed E-state index contributed by atoms with van der Waals surface area (Å²) in [6.07, 6.45) is 4.17. The lowest BCUT2D eigenvalue weighted by molar-refractivity contribution is 0.747. The van der Waals surface area contributed by atoms with Gasteiger partial charge in [-0.3, -0.25) is 4.98 Å². The van der Waals surface area contributed by atoms with Crippen molar-refractivity contribution in [3.05, 3.63) is 35.5 Å². The summed E-state index contributed by atoms with van der Waals surface area (Å²) in [6.45, 7) is 6.55. The number of pyridine rings is 1. The van der Waals surface area contributed by atoms with Gasteiger partial charge in [0.2, 0.25) is 0 Å². The molecule has 0 aliphatic carbocycles. The Morgan fingerprint density at radius 2 is 1.83 bits per heavy atom. The van der Waals surface area contributed by atoms with Gasteiger partial charge in [-0.25, -0.2) is 0 Å². The molecule has 96 valence electrons. The highest BCUT2D eigenvalue weighted by molar-refractivity contribution is 6.31. The summed E-state index contributed by atoms with van der Waals surface area (Å²) >= 11 is 6.10. The van der Waals surface area contributed by atoms with Gasteiger partial charge in [-0.05, 0) is 37.1 Å². The van der Waals surface area contributed by atoms with E-state index in [0.29, 0.717) is 0 Å². The first kappa shape index (κ1) is 13.2. The minimum Gasteiger partial charge on any atom is -0.371 e. The molecule has 0 N–H and O–H groups in total. The van der Waals surface area contributed by atoms with Crippen molar-refractivity contribution in [3.63, 3.8) is 0 Å². The van der Waals surface area contributed by atoms with Gasteiger partial charge in [-0.15, -0.1) is 0 Å². The van der Waals surface area contributed by atoms with E-state index in [1.807, 2.05) is 24.4 Å². The summed E-state index contributed by atoms with van der Waals surface area (Å²) in [6, 6.07) is 7.98. The van der Waals surface area contributed by atoms with Gasteiger partial charge in [0.15, 0.2) is 0 Å². The number of hydrogen-bond donors (Lipinski definition) is 0. The van der Waals surface area contributed by atoms with Gasteiger partial charge in [0.05, 0.1) is 5.52 Å². The minimum atomic E-state index is 0.768. The van der Waals surface area contributed by atoms with Crippen LogP contribution in [0.25, 0.3) is 10.9 Å². The molecular formula is C15H19ClN2. The largest absolute Gasteiger partial charge is 0.371 e. The average Bonchev–Trinajstić information content (AvgIpc) is 2.38. The zero-order chi connectivity index (χ0) is 13.0. The molecule has 0 atom stereocenters. The number of benzene rings is 1. The van der Waals surface area contributed by atoms with Crippen molar-refractivity contribution in [1.82, 2.24) is 4.98 Å². The van der Waals surface area contributed by atoms with Crippen LogP contribution < -0.4 is 4.90 Å². The summed E-state index contributed by atoms with van der Waals surface area (Å²) in [5, 5.41) is 1.91. The van der Waals surface area contributed by atoms with Gasteiger partial charge in [0.1, 0.15) is 0 Å². The lowest BCUT2D eigenvalue weighted by atomic mass is 10.1. The maximum atomic E-state index is 6.10. The van der Waals surface area contributed by atoms with Crippen molar-refractivity contribution in [2.75, 3.05) is 18.0 Å². The molecule has 0 radical (unpaired) electrons. The minimum absolute atomic E-state index is 0.768. The van der Waals surface area contributed by atoms with Crippen LogP contribution in [0.2, 0.25) is 5.02 Å². The van der Waals surface area contributed by atoms with Crippen molar-refractivity contribution in [1.29, 1.82) is 0 Å². The number of rotatable bonds is 5. The number of nitrogens with zero attached hydrogens (tertiary/aromatic N) is 2. The molecule has 0 aliphatic rings. The SMILES string of the molecule is CCCN(CCC)c1ccnc2ccc(Cl)cc12. The molecular weight excluding hydrogens is 244 g/mol. The summed E-state index contributed by atoms with van der Waals surface area (Å²) in [5.41, 5.74) is 2.25. The normalized spacial score (nSPS) is 10.8. The van der Waals surface area contributed by atoms with Gasteiger partial charge in [0, 0.05) is 35.4 Å². The van der Waals surface area contributed by atoms with E-state index in [4.69, 9.17) is 11.6 Å². The van der Waals surface area contributed by atoms with Gasteiger partial charge in [0.25, 0.3) is 0 Å². The number of anilines is 1. The van der Waals surface area contributed by atoms with Crippen molar-refractivity contribution < 1.29 is 0 Å². The van der Waals surface area contributed by atoms with E-state index in [1.165, 1.54) is 5.69 Å². The first-order chi connectivity index (χ1) is 8.76. The summed E-state index contributed by atoms with van der Waals surface area (Å²) in [7, 11) is 0. The molecule has 0 spiro atoms. The van der Waals surface area contributed by atoms with Gasteiger partial charge >= 0.3 is 0 Å². The summed E-state index contributed by atoms with van der Waals surface area (Å²) < 4.78 is 0. The van der Waals surface area contributed by atoms with Crippen LogP contribution in [-0.2, 0) is 0 Å². The van der Waals surface area contributed by atoms with Gasteiger partial charge in [-0.2, -0.15) is 0 Å². The highest BCUT2D eigenvalue weighted by Crippen LogP contribution is 2.28. The quantitative estimate of drug-likeness (QED) is 0.788. The fourth-order valence-electron chi connectivity index (χ4n) is 2.27. The predicted molar refractivity (Wildman–Crippen MR) is 79.5 cm³/mol. The first-order valence-electron chi connectivity index (χ1n) is 6.55. The van der Waals surface area contributed by atoms with E-state index in [2.05, 4.69) is 29.8 Å². The van der Waals surface area contributed by atoms with Crippen molar-refractivity contribution in [3.8, 4) is 0 Å². The van der Waals surface area contributed by atoms with Crippen LogP contribution in [0, 0.1) is 0 Å². The van der Waals surface area contributed by atoms with Crippen molar-refractivity contribution in [2.45, 2.75) is 26.7 Å². The zero-order valence-corrected chi connectivity index (χ0v) is 11.7. The predicted octanol–water partition coefficient (Wildman–Crippen LogP) is 4.51. The Balaban J connectivity index is 2.50. The molecule has 1 aromatic carbocycles. The fourth-order valence-corrected chi connectivity index (χ4v) is 2.44. The Labute approximate surface area is 114 Å². The number of halogens is 1. The van der Waals surface area contributed by atoms with Crippen LogP contribution in [0.3, 0.4) is 0 Å². The molecule has 0 saturated heterocycles. The van der Waals surface area contributed by atoms with Crippen molar-refractivity contribution >= 4 is 28.2 Å². The Bertz CT molecular complexity index is 519. The van der Waals surface area contributed by atoms with Gasteiger partial charge in [-0.1, -0.05) is 25.4 Å². The smallest absolute Gasteiger partial charge is 0.0723 e. The number of hydrogen-bond acceptors (Lipinski definition) is 2. The Kier molecular flexibility index (Phi) is 4.43. The Morgan fingerprint density at radius 1 is 1.11 bits per heavy atom. The highest BCUT2D eigenvalue weighted by Gasteiger charge is 2.09. The maximum absolute atomic E-state index is 6.10. The van der Waals surface area contributed by atoms with Crippen LogP contribution in [-0.4, -0.2) is 18.1 Å². The molecule has 0 saturated carbocycles. The van der Waals surface area contributed by atoms with Crippen LogP contribution in [0.1, 0.15) is 26.7 Å². The second-order valence-electron chi connectivity index (χ2n) is 4.48. The Hall–Kier alpha value is -1.28. The first-order valence-corrected chi connectivity index (χ1v) is 6.93. The van der Waals surface area contributed by atoms with E-state index in [9.17, 15) is 0 Å². The molecule has 1 aromatic heterocycles. The molecule has 2 nitrogen and oxygen atoms in total. The van der Waals surface area contributed by atoms with E-state index >= 15 is 0 Å². The molecule has 0 unspecified atom stereocenters. The molecule has 2 aromatic rings. The van der Waals surface area contributed by atoms with Crippen LogP contribution >= 0.6 is 11.6 Å². The van der Waals surface area contributed by atoms with E-state index in [0.717, 1.165) is 41.9 Å². The molecule has 18 heavy (non-hydrogen) atoms. The number of fused-ring (bicyclic) bond motifs is 1. The zero-order valence-electron chi connectivity index (χ0n) is 11.0. The lowest BCUT2D eigenvalue weighted by Gasteiger charge is -2.25. The fraction of sp³-hybridized carbons (Fsp3) is 0.400. The van der Waals surface area contributed by atoms with Crippen molar-refractivity contribution in [2.24, 2.45) is 0 Å². The summed E-state index contributed by atoms with van der Waals surface area (Å²) in [4.78, 5) is 6.82. The summed E-state index contributed by atoms with van der Waals surface area (Å²) in [5.74, 6) is 0. The van der Waals surface area contributed by atoms with Crippen LogP contribution in [0.15, 0.2) is 30.5 Å². The highest BCUT2D eigenvalue weighted by atomic mass is 35.5. The van der Waals surface area contributed by atoms with Gasteiger partial charge < -0.3 is 4.90 Å². The molecule has 2 rings (SSSR count). The van der Waals surface area contributed by atoms with E-state index in [1.54, 1.807) is 0 Å². The lowest BCUT2D eigenvalue weighted by Crippen LogP contribution is -2.25. The molecule has 3 heteroatoms. The molecule has 0 fully saturated rings. The second kappa shape index (κ2) is 6.05. The third kappa shape index (κ3) is 2.75. The molecule has 1 heterocycles.